The minimum Gasteiger partial charge on any atom is -0.485 e. The van der Waals surface area contributed by atoms with Crippen LogP contribution < -0.4 is 4.74 Å². The number of hydrogen-bond donors (Lipinski definition) is 0. The first kappa shape index (κ1) is 18.5. The summed E-state index contributed by atoms with van der Waals surface area (Å²) in [6.07, 6.45) is 6.84. The van der Waals surface area contributed by atoms with Crippen LogP contribution in [0.4, 0.5) is 0 Å². The number of hydrogen-bond acceptors (Lipinski definition) is 1. The van der Waals surface area contributed by atoms with Gasteiger partial charge in [0.15, 0.2) is 0 Å². The summed E-state index contributed by atoms with van der Waals surface area (Å²) >= 11 is 0. The number of aryl methyl sites for hydroxylation is 1. The van der Waals surface area contributed by atoms with Crippen LogP contribution in [0.5, 0.6) is 5.75 Å². The van der Waals surface area contributed by atoms with Crippen LogP contribution in [0.1, 0.15) is 17.0 Å². The SMILES string of the molecule is Cn1c2ccc(-c3ccccc3)cc2c2cc3c(cc21)C1C=C(c2ccccc2)C=CC1O3. The number of nitrogens with zero attached hydrogens (tertiary/aromatic N) is 1. The highest BCUT2D eigenvalue weighted by atomic mass is 16.5. The fourth-order valence-corrected chi connectivity index (χ4v) is 5.44. The molecule has 2 heteroatoms. The third kappa shape index (κ3) is 2.81. The molecule has 5 aromatic rings. The summed E-state index contributed by atoms with van der Waals surface area (Å²) in [5, 5.41) is 2.52. The van der Waals surface area contributed by atoms with Gasteiger partial charge in [0, 0.05) is 40.3 Å². The third-order valence-corrected chi connectivity index (χ3v) is 7.15. The monoisotopic (exact) mass is 425 g/mol. The lowest BCUT2D eigenvalue weighted by Gasteiger charge is -2.18. The van der Waals surface area contributed by atoms with Gasteiger partial charge in [-0.2, -0.15) is 0 Å². The largest absolute Gasteiger partial charge is 0.485 e. The maximum atomic E-state index is 6.44. The lowest BCUT2D eigenvalue weighted by Crippen LogP contribution is -2.16. The van der Waals surface area contributed by atoms with Crippen molar-refractivity contribution in [1.29, 1.82) is 0 Å². The van der Waals surface area contributed by atoms with Crippen LogP contribution in [-0.4, -0.2) is 10.7 Å². The van der Waals surface area contributed by atoms with Crippen molar-refractivity contribution in [3.8, 4) is 16.9 Å². The van der Waals surface area contributed by atoms with Crippen molar-refractivity contribution >= 4 is 27.4 Å². The Morgan fingerprint density at radius 1 is 0.697 bits per heavy atom. The molecule has 2 aliphatic rings. The highest BCUT2D eigenvalue weighted by molar-refractivity contribution is 6.10. The molecule has 33 heavy (non-hydrogen) atoms. The van der Waals surface area contributed by atoms with Gasteiger partial charge in [0.25, 0.3) is 0 Å². The fraction of sp³-hybridized carbons (Fsp3) is 0.0968. The Hall–Kier alpha value is -4.04. The molecule has 4 aromatic carbocycles. The molecule has 1 aliphatic carbocycles. The molecule has 2 atom stereocenters. The van der Waals surface area contributed by atoms with Gasteiger partial charge in [0.05, 0.1) is 0 Å². The molecule has 2 unspecified atom stereocenters. The Morgan fingerprint density at radius 2 is 1.42 bits per heavy atom. The molecule has 1 aliphatic heterocycles. The van der Waals surface area contributed by atoms with Gasteiger partial charge < -0.3 is 9.30 Å². The predicted molar refractivity (Wildman–Crippen MR) is 137 cm³/mol. The Bertz CT molecular complexity index is 1590. The molecule has 0 N–H and O–H groups in total. The third-order valence-electron chi connectivity index (χ3n) is 7.15. The number of allylic oxidation sites excluding steroid dienone is 2. The van der Waals surface area contributed by atoms with Crippen LogP contribution in [0.3, 0.4) is 0 Å². The highest BCUT2D eigenvalue weighted by Crippen LogP contribution is 2.46. The molecule has 0 radical (unpaired) electrons. The summed E-state index contributed by atoms with van der Waals surface area (Å²) in [6, 6.07) is 32.5. The summed E-state index contributed by atoms with van der Waals surface area (Å²) < 4.78 is 8.75. The summed E-state index contributed by atoms with van der Waals surface area (Å²) in [5.41, 5.74) is 8.76. The quantitative estimate of drug-likeness (QED) is 0.286. The van der Waals surface area contributed by atoms with Crippen molar-refractivity contribution in [3.05, 3.63) is 120 Å². The number of benzene rings is 4. The van der Waals surface area contributed by atoms with Crippen molar-refractivity contribution < 1.29 is 4.74 Å². The van der Waals surface area contributed by atoms with E-state index in [2.05, 4.69) is 121 Å². The van der Waals surface area contributed by atoms with Gasteiger partial charge in [-0.25, -0.2) is 0 Å². The van der Waals surface area contributed by atoms with Gasteiger partial charge in [-0.1, -0.05) is 78.9 Å². The Labute approximate surface area is 193 Å². The first-order chi connectivity index (χ1) is 16.3. The standard InChI is InChI=1S/C31H23NO/c1-32-28-14-12-22(20-8-4-2-5-9-20)16-24(28)25-19-31-27(18-29(25)32)26-17-23(13-15-30(26)33-31)21-10-6-3-7-11-21/h2-19,26,30H,1H3. The highest BCUT2D eigenvalue weighted by Gasteiger charge is 2.34. The van der Waals surface area contributed by atoms with E-state index in [1.54, 1.807) is 0 Å². The van der Waals surface area contributed by atoms with Crippen LogP contribution in [0.2, 0.25) is 0 Å². The molecule has 0 fully saturated rings. The average molecular weight is 426 g/mol. The molecule has 0 spiro atoms. The molecular weight excluding hydrogens is 402 g/mol. The van der Waals surface area contributed by atoms with Crippen molar-refractivity contribution in [2.24, 2.45) is 7.05 Å². The van der Waals surface area contributed by atoms with Gasteiger partial charge in [-0.15, -0.1) is 0 Å². The maximum absolute atomic E-state index is 6.44. The second-order valence-electron chi connectivity index (χ2n) is 9.02. The van der Waals surface area contributed by atoms with E-state index in [4.69, 9.17) is 4.74 Å². The first-order valence-electron chi connectivity index (χ1n) is 11.5. The van der Waals surface area contributed by atoms with Gasteiger partial charge in [-0.05, 0) is 52.6 Å². The Balaban J connectivity index is 1.38. The number of rotatable bonds is 2. The van der Waals surface area contributed by atoms with Crippen LogP contribution in [0.25, 0.3) is 38.5 Å². The summed E-state index contributed by atoms with van der Waals surface area (Å²) in [7, 11) is 2.17. The molecule has 0 amide bonds. The molecule has 2 nitrogen and oxygen atoms in total. The average Bonchev–Trinajstić information content (AvgIpc) is 3.37. The van der Waals surface area contributed by atoms with Crippen LogP contribution in [0.15, 0.2) is 109 Å². The summed E-state index contributed by atoms with van der Waals surface area (Å²) in [5.74, 6) is 1.24. The Kier molecular flexibility index (Phi) is 3.92. The number of fused-ring (bicyclic) bond motifs is 6. The predicted octanol–water partition coefficient (Wildman–Crippen LogP) is 7.50. The van der Waals surface area contributed by atoms with E-state index in [1.807, 2.05) is 0 Å². The van der Waals surface area contributed by atoms with E-state index in [1.165, 1.54) is 49.6 Å². The van der Waals surface area contributed by atoms with Crippen LogP contribution in [0, 0.1) is 0 Å². The Morgan fingerprint density at radius 3 is 2.21 bits per heavy atom. The lowest BCUT2D eigenvalue weighted by atomic mass is 9.86. The minimum atomic E-state index is 0.0652. The normalized spacial score (nSPS) is 18.8. The van der Waals surface area contributed by atoms with Gasteiger partial charge in [-0.3, -0.25) is 0 Å². The van der Waals surface area contributed by atoms with Crippen LogP contribution in [-0.2, 0) is 7.05 Å². The molecule has 2 heterocycles. The second-order valence-corrected chi connectivity index (χ2v) is 9.02. The number of aromatic nitrogens is 1. The summed E-state index contributed by atoms with van der Waals surface area (Å²) in [4.78, 5) is 0. The van der Waals surface area contributed by atoms with Gasteiger partial charge in [0.1, 0.15) is 11.9 Å². The molecular formula is C31H23NO. The van der Waals surface area contributed by atoms with Crippen molar-refractivity contribution in [2.45, 2.75) is 12.0 Å². The summed E-state index contributed by atoms with van der Waals surface area (Å²) in [6.45, 7) is 0. The van der Waals surface area contributed by atoms with E-state index < -0.39 is 0 Å². The first-order valence-corrected chi connectivity index (χ1v) is 11.5. The van der Waals surface area contributed by atoms with Crippen LogP contribution >= 0.6 is 0 Å². The van der Waals surface area contributed by atoms with E-state index in [9.17, 15) is 0 Å². The zero-order valence-corrected chi connectivity index (χ0v) is 18.4. The van der Waals surface area contributed by atoms with Crippen molar-refractivity contribution in [3.63, 3.8) is 0 Å². The number of ether oxygens (including phenoxy) is 1. The molecule has 0 saturated carbocycles. The van der Waals surface area contributed by atoms with E-state index in [-0.39, 0.29) is 12.0 Å². The van der Waals surface area contributed by atoms with E-state index in [0.29, 0.717) is 0 Å². The molecule has 1 aromatic heterocycles. The van der Waals surface area contributed by atoms with E-state index >= 15 is 0 Å². The molecule has 7 rings (SSSR count). The van der Waals surface area contributed by atoms with Gasteiger partial charge >= 0.3 is 0 Å². The van der Waals surface area contributed by atoms with E-state index in [0.717, 1.165) is 5.75 Å². The lowest BCUT2D eigenvalue weighted by molar-refractivity contribution is 0.269. The molecule has 158 valence electrons. The van der Waals surface area contributed by atoms with Crippen molar-refractivity contribution in [1.82, 2.24) is 4.57 Å². The molecule has 0 saturated heterocycles. The van der Waals surface area contributed by atoms with Gasteiger partial charge in [0.2, 0.25) is 0 Å². The zero-order valence-electron chi connectivity index (χ0n) is 18.4. The fourth-order valence-electron chi connectivity index (χ4n) is 5.44. The smallest absolute Gasteiger partial charge is 0.128 e. The van der Waals surface area contributed by atoms with Crippen molar-refractivity contribution in [2.75, 3.05) is 0 Å². The minimum absolute atomic E-state index is 0.0652. The molecule has 0 bridgehead atoms. The second kappa shape index (κ2) is 6.98. The maximum Gasteiger partial charge on any atom is 0.128 e. The topological polar surface area (TPSA) is 14.2 Å². The zero-order chi connectivity index (χ0) is 21.9.